The van der Waals surface area contributed by atoms with Crippen LogP contribution < -0.4 is 10.1 Å². The van der Waals surface area contributed by atoms with Crippen LogP contribution in [0.15, 0.2) is 60.8 Å². The summed E-state index contributed by atoms with van der Waals surface area (Å²) in [4.78, 5) is 31.0. The van der Waals surface area contributed by atoms with Crippen LogP contribution in [-0.4, -0.2) is 35.0 Å². The SMILES string of the molecule is CCN(CC)C(=O)Oc1ccccc1C(=O)Nc1cccc2cccnc12. The van der Waals surface area contributed by atoms with Crippen molar-refractivity contribution < 1.29 is 14.3 Å². The summed E-state index contributed by atoms with van der Waals surface area (Å²) >= 11 is 0. The van der Waals surface area contributed by atoms with Gasteiger partial charge in [0.1, 0.15) is 5.75 Å². The molecule has 0 radical (unpaired) electrons. The molecule has 0 unspecified atom stereocenters. The van der Waals surface area contributed by atoms with E-state index in [1.165, 1.54) is 0 Å². The van der Waals surface area contributed by atoms with Gasteiger partial charge in [-0.25, -0.2) is 4.79 Å². The maximum Gasteiger partial charge on any atom is 0.415 e. The first-order valence-electron chi connectivity index (χ1n) is 8.85. The molecule has 0 saturated heterocycles. The third-order valence-corrected chi connectivity index (χ3v) is 4.23. The maximum atomic E-state index is 12.8. The highest BCUT2D eigenvalue weighted by Crippen LogP contribution is 2.24. The van der Waals surface area contributed by atoms with Gasteiger partial charge in [0.15, 0.2) is 0 Å². The quantitative estimate of drug-likeness (QED) is 0.732. The van der Waals surface area contributed by atoms with Crippen molar-refractivity contribution in [1.29, 1.82) is 0 Å². The van der Waals surface area contributed by atoms with Crippen molar-refractivity contribution in [3.63, 3.8) is 0 Å². The zero-order valence-electron chi connectivity index (χ0n) is 15.3. The first-order chi connectivity index (χ1) is 13.1. The second-order valence-electron chi connectivity index (χ2n) is 5.87. The number of para-hydroxylation sites is 2. The molecule has 2 aromatic carbocycles. The Balaban J connectivity index is 1.86. The number of fused-ring (bicyclic) bond motifs is 1. The average molecular weight is 363 g/mol. The van der Waals surface area contributed by atoms with Crippen LogP contribution in [0.4, 0.5) is 10.5 Å². The van der Waals surface area contributed by atoms with Gasteiger partial charge in [0, 0.05) is 24.7 Å². The van der Waals surface area contributed by atoms with Gasteiger partial charge in [0.05, 0.1) is 16.8 Å². The molecule has 1 N–H and O–H groups in total. The van der Waals surface area contributed by atoms with E-state index in [0.29, 0.717) is 24.3 Å². The maximum absolute atomic E-state index is 12.8. The minimum absolute atomic E-state index is 0.222. The van der Waals surface area contributed by atoms with Crippen LogP contribution in [0.2, 0.25) is 0 Å². The lowest BCUT2D eigenvalue weighted by atomic mass is 10.1. The normalized spacial score (nSPS) is 10.4. The third kappa shape index (κ3) is 4.06. The summed E-state index contributed by atoms with van der Waals surface area (Å²) < 4.78 is 5.45. The third-order valence-electron chi connectivity index (χ3n) is 4.23. The van der Waals surface area contributed by atoms with Gasteiger partial charge in [-0.3, -0.25) is 9.78 Å². The Kier molecular flexibility index (Phi) is 5.66. The Morgan fingerprint density at radius 1 is 1.00 bits per heavy atom. The van der Waals surface area contributed by atoms with Gasteiger partial charge in [-0.1, -0.05) is 30.3 Å². The molecule has 3 rings (SSSR count). The molecule has 2 amide bonds. The summed E-state index contributed by atoms with van der Waals surface area (Å²) in [7, 11) is 0. The van der Waals surface area contributed by atoms with Crippen molar-refractivity contribution >= 4 is 28.6 Å². The molecule has 0 bridgehead atoms. The molecule has 138 valence electrons. The van der Waals surface area contributed by atoms with Gasteiger partial charge in [-0.2, -0.15) is 0 Å². The minimum Gasteiger partial charge on any atom is -0.409 e. The molecule has 0 fully saturated rings. The standard InChI is InChI=1S/C21H21N3O3/c1-3-24(4-2)21(26)27-18-13-6-5-11-16(18)20(25)23-17-12-7-9-15-10-8-14-22-19(15)17/h5-14H,3-4H2,1-2H3,(H,23,25). The number of aromatic nitrogens is 1. The molecule has 27 heavy (non-hydrogen) atoms. The van der Waals surface area contributed by atoms with Gasteiger partial charge in [0.2, 0.25) is 0 Å². The number of benzene rings is 2. The zero-order valence-corrected chi connectivity index (χ0v) is 15.3. The molecule has 0 saturated carbocycles. The Labute approximate surface area is 157 Å². The smallest absolute Gasteiger partial charge is 0.409 e. The van der Waals surface area contributed by atoms with E-state index in [1.54, 1.807) is 41.4 Å². The summed E-state index contributed by atoms with van der Waals surface area (Å²) in [5.41, 5.74) is 1.58. The average Bonchev–Trinajstić information content (AvgIpc) is 2.69. The molecule has 6 heteroatoms. The molecule has 0 aliphatic carbocycles. The van der Waals surface area contributed by atoms with E-state index in [4.69, 9.17) is 4.74 Å². The predicted molar refractivity (Wildman–Crippen MR) is 105 cm³/mol. The number of carbonyl (C=O) groups excluding carboxylic acids is 2. The summed E-state index contributed by atoms with van der Waals surface area (Å²) in [6.07, 6.45) is 1.20. The molecule has 6 nitrogen and oxygen atoms in total. The first kappa shape index (κ1) is 18.4. The van der Waals surface area contributed by atoms with E-state index >= 15 is 0 Å². The van der Waals surface area contributed by atoms with Crippen molar-refractivity contribution in [2.24, 2.45) is 0 Å². The number of nitrogens with one attached hydrogen (secondary N) is 1. The lowest BCUT2D eigenvalue weighted by molar-refractivity contribution is 0.102. The van der Waals surface area contributed by atoms with Crippen molar-refractivity contribution in [1.82, 2.24) is 9.88 Å². The highest BCUT2D eigenvalue weighted by Gasteiger charge is 2.18. The van der Waals surface area contributed by atoms with E-state index in [1.807, 2.05) is 38.1 Å². The van der Waals surface area contributed by atoms with Gasteiger partial charge in [-0.05, 0) is 38.1 Å². The molecule has 3 aromatic rings. The number of pyridine rings is 1. The van der Waals surface area contributed by atoms with Crippen LogP contribution in [0, 0.1) is 0 Å². The van der Waals surface area contributed by atoms with E-state index in [0.717, 1.165) is 5.39 Å². The summed E-state index contributed by atoms with van der Waals surface area (Å²) in [5.74, 6) is -0.142. The minimum atomic E-state index is -0.480. The number of carbonyl (C=O) groups is 2. The topological polar surface area (TPSA) is 71.5 Å². The van der Waals surface area contributed by atoms with Crippen LogP contribution >= 0.6 is 0 Å². The number of anilines is 1. The molecule has 1 heterocycles. The number of amides is 2. The summed E-state index contributed by atoms with van der Waals surface area (Å²) in [5, 5.41) is 3.79. The van der Waals surface area contributed by atoms with Crippen molar-refractivity contribution in [3.8, 4) is 5.75 Å². The largest absolute Gasteiger partial charge is 0.415 e. The first-order valence-corrected chi connectivity index (χ1v) is 8.85. The molecule has 0 atom stereocenters. The van der Waals surface area contributed by atoms with E-state index < -0.39 is 6.09 Å². The van der Waals surface area contributed by atoms with Crippen molar-refractivity contribution in [2.75, 3.05) is 18.4 Å². The number of rotatable bonds is 5. The lowest BCUT2D eigenvalue weighted by Gasteiger charge is -2.19. The van der Waals surface area contributed by atoms with Crippen molar-refractivity contribution in [3.05, 3.63) is 66.4 Å². The number of nitrogens with zero attached hydrogens (tertiary/aromatic N) is 2. The number of ether oxygens (including phenoxy) is 1. The van der Waals surface area contributed by atoms with Crippen LogP contribution in [0.3, 0.4) is 0 Å². The predicted octanol–water partition coefficient (Wildman–Crippen LogP) is 4.33. The van der Waals surface area contributed by atoms with Gasteiger partial charge >= 0.3 is 6.09 Å². The van der Waals surface area contributed by atoms with Crippen LogP contribution in [0.1, 0.15) is 24.2 Å². The molecule has 0 aliphatic heterocycles. The van der Waals surface area contributed by atoms with Crippen molar-refractivity contribution in [2.45, 2.75) is 13.8 Å². The van der Waals surface area contributed by atoms with Gasteiger partial charge < -0.3 is 15.0 Å². The van der Waals surface area contributed by atoms with Crippen LogP contribution in [0.25, 0.3) is 10.9 Å². The van der Waals surface area contributed by atoms with Gasteiger partial charge in [-0.15, -0.1) is 0 Å². The Morgan fingerprint density at radius 3 is 2.52 bits per heavy atom. The van der Waals surface area contributed by atoms with E-state index in [2.05, 4.69) is 10.3 Å². The van der Waals surface area contributed by atoms with E-state index in [9.17, 15) is 9.59 Å². The Morgan fingerprint density at radius 2 is 1.74 bits per heavy atom. The number of hydrogen-bond acceptors (Lipinski definition) is 4. The summed E-state index contributed by atoms with van der Waals surface area (Å²) in [6, 6.07) is 16.0. The highest BCUT2D eigenvalue weighted by molar-refractivity contribution is 6.09. The zero-order chi connectivity index (χ0) is 19.2. The summed E-state index contributed by atoms with van der Waals surface area (Å²) in [6.45, 7) is 4.81. The molecule has 0 aliphatic rings. The van der Waals surface area contributed by atoms with E-state index in [-0.39, 0.29) is 17.2 Å². The van der Waals surface area contributed by atoms with Crippen LogP contribution in [-0.2, 0) is 0 Å². The second-order valence-corrected chi connectivity index (χ2v) is 5.87. The molecule has 1 aromatic heterocycles. The highest BCUT2D eigenvalue weighted by atomic mass is 16.6. The number of hydrogen-bond donors (Lipinski definition) is 1. The second kappa shape index (κ2) is 8.31. The monoisotopic (exact) mass is 363 g/mol. The van der Waals surface area contributed by atoms with Crippen LogP contribution in [0.5, 0.6) is 5.75 Å². The lowest BCUT2D eigenvalue weighted by Crippen LogP contribution is -2.33. The molecular formula is C21H21N3O3. The Bertz CT molecular complexity index is 962. The van der Waals surface area contributed by atoms with Gasteiger partial charge in [0.25, 0.3) is 5.91 Å². The fraction of sp³-hybridized carbons (Fsp3) is 0.190. The molecular weight excluding hydrogens is 342 g/mol. The molecule has 0 spiro atoms. The Hall–Kier alpha value is -3.41. The fourth-order valence-electron chi connectivity index (χ4n) is 2.78. The fourth-order valence-corrected chi connectivity index (χ4v) is 2.78.